The van der Waals surface area contributed by atoms with E-state index in [1.165, 1.54) is 11.1 Å². The van der Waals surface area contributed by atoms with E-state index in [4.69, 9.17) is 10.5 Å². The number of aryl methyl sites for hydroxylation is 1. The first kappa shape index (κ1) is 14.0. The lowest BCUT2D eigenvalue weighted by molar-refractivity contribution is 0.337. The second-order valence-electron chi connectivity index (χ2n) is 4.89. The van der Waals surface area contributed by atoms with E-state index >= 15 is 0 Å². The summed E-state index contributed by atoms with van der Waals surface area (Å²) < 4.78 is 5.57. The third-order valence-corrected chi connectivity index (χ3v) is 3.21. The molecule has 0 radical (unpaired) electrons. The largest absolute Gasteiger partial charge is 0.494 e. The molecule has 0 saturated heterocycles. The smallest absolute Gasteiger partial charge is 0.122 e. The van der Waals surface area contributed by atoms with E-state index in [1.807, 2.05) is 6.92 Å². The average Bonchev–Trinajstić information content (AvgIpc) is 2.28. The molecule has 0 saturated carbocycles. The van der Waals surface area contributed by atoms with Gasteiger partial charge in [0.1, 0.15) is 5.75 Å². The van der Waals surface area contributed by atoms with Gasteiger partial charge in [-0.1, -0.05) is 26.0 Å². The van der Waals surface area contributed by atoms with Crippen molar-refractivity contribution in [3.8, 4) is 5.75 Å². The van der Waals surface area contributed by atoms with Crippen molar-refractivity contribution >= 4 is 0 Å². The SMILES string of the molecule is CCOc1ccc(C(CCN)C(C)C)cc1C. The summed E-state index contributed by atoms with van der Waals surface area (Å²) in [6.45, 7) is 10.1. The quantitative estimate of drug-likeness (QED) is 0.819. The second kappa shape index (κ2) is 6.65. The maximum atomic E-state index is 5.70. The maximum absolute atomic E-state index is 5.70. The van der Waals surface area contributed by atoms with Crippen molar-refractivity contribution in [2.24, 2.45) is 11.7 Å². The monoisotopic (exact) mass is 235 g/mol. The molecule has 0 aliphatic carbocycles. The van der Waals surface area contributed by atoms with Crippen molar-refractivity contribution in [1.29, 1.82) is 0 Å². The molecule has 0 aliphatic heterocycles. The highest BCUT2D eigenvalue weighted by atomic mass is 16.5. The molecule has 96 valence electrons. The average molecular weight is 235 g/mol. The second-order valence-corrected chi connectivity index (χ2v) is 4.89. The summed E-state index contributed by atoms with van der Waals surface area (Å²) in [5.74, 6) is 2.16. The Morgan fingerprint density at radius 2 is 2.00 bits per heavy atom. The lowest BCUT2D eigenvalue weighted by Gasteiger charge is -2.21. The fourth-order valence-electron chi connectivity index (χ4n) is 2.29. The zero-order valence-corrected chi connectivity index (χ0v) is 11.5. The Balaban J connectivity index is 2.93. The van der Waals surface area contributed by atoms with Crippen molar-refractivity contribution in [1.82, 2.24) is 0 Å². The van der Waals surface area contributed by atoms with Gasteiger partial charge in [0.25, 0.3) is 0 Å². The van der Waals surface area contributed by atoms with Crippen molar-refractivity contribution in [3.05, 3.63) is 29.3 Å². The molecule has 1 rings (SSSR count). The van der Waals surface area contributed by atoms with Crippen LogP contribution in [0, 0.1) is 12.8 Å². The zero-order valence-electron chi connectivity index (χ0n) is 11.5. The van der Waals surface area contributed by atoms with Gasteiger partial charge in [-0.15, -0.1) is 0 Å². The molecule has 2 N–H and O–H groups in total. The fraction of sp³-hybridized carbons (Fsp3) is 0.600. The third-order valence-electron chi connectivity index (χ3n) is 3.21. The molecule has 0 aromatic heterocycles. The molecule has 0 aliphatic rings. The highest BCUT2D eigenvalue weighted by Gasteiger charge is 2.15. The molecule has 17 heavy (non-hydrogen) atoms. The number of hydrogen-bond acceptors (Lipinski definition) is 2. The van der Waals surface area contributed by atoms with Crippen LogP contribution in [0.5, 0.6) is 5.75 Å². The van der Waals surface area contributed by atoms with Crippen molar-refractivity contribution in [2.45, 2.75) is 40.0 Å². The molecule has 0 fully saturated rings. The van der Waals surface area contributed by atoms with E-state index in [-0.39, 0.29) is 0 Å². The molecule has 0 spiro atoms. The van der Waals surface area contributed by atoms with E-state index in [0.717, 1.165) is 25.3 Å². The molecule has 2 nitrogen and oxygen atoms in total. The van der Waals surface area contributed by atoms with Gasteiger partial charge in [-0.05, 0) is 55.8 Å². The van der Waals surface area contributed by atoms with Crippen LogP contribution in [0.15, 0.2) is 18.2 Å². The number of nitrogens with two attached hydrogens (primary N) is 1. The minimum atomic E-state index is 0.550. The molecular formula is C15H25NO. The Morgan fingerprint density at radius 1 is 1.29 bits per heavy atom. The van der Waals surface area contributed by atoms with Crippen molar-refractivity contribution in [3.63, 3.8) is 0 Å². The van der Waals surface area contributed by atoms with E-state index in [2.05, 4.69) is 39.0 Å². The fourth-order valence-corrected chi connectivity index (χ4v) is 2.29. The van der Waals surface area contributed by atoms with Crippen LogP contribution in [0.1, 0.15) is 44.2 Å². The van der Waals surface area contributed by atoms with Crippen LogP contribution in [0.4, 0.5) is 0 Å². The first-order valence-corrected chi connectivity index (χ1v) is 6.53. The number of hydrogen-bond donors (Lipinski definition) is 1. The topological polar surface area (TPSA) is 35.2 Å². The van der Waals surface area contributed by atoms with Gasteiger partial charge in [0.15, 0.2) is 0 Å². The summed E-state index contributed by atoms with van der Waals surface area (Å²) in [6.07, 6.45) is 1.05. The Kier molecular flexibility index (Phi) is 5.49. The van der Waals surface area contributed by atoms with Gasteiger partial charge in [0.05, 0.1) is 6.61 Å². The van der Waals surface area contributed by atoms with Gasteiger partial charge in [-0.3, -0.25) is 0 Å². The molecule has 2 heteroatoms. The minimum absolute atomic E-state index is 0.550. The van der Waals surface area contributed by atoms with Crippen LogP contribution >= 0.6 is 0 Å². The summed E-state index contributed by atoms with van der Waals surface area (Å²) >= 11 is 0. The molecule has 1 aromatic carbocycles. The van der Waals surface area contributed by atoms with Crippen LogP contribution in [0.2, 0.25) is 0 Å². The van der Waals surface area contributed by atoms with Crippen LogP contribution in [0.3, 0.4) is 0 Å². The minimum Gasteiger partial charge on any atom is -0.494 e. The summed E-state index contributed by atoms with van der Waals surface area (Å²) in [5, 5.41) is 0. The highest BCUT2D eigenvalue weighted by molar-refractivity contribution is 5.37. The predicted octanol–water partition coefficient (Wildman–Crippen LogP) is 3.48. The van der Waals surface area contributed by atoms with Crippen molar-refractivity contribution < 1.29 is 4.74 Å². The van der Waals surface area contributed by atoms with E-state index in [0.29, 0.717) is 11.8 Å². The number of benzene rings is 1. The van der Waals surface area contributed by atoms with Gasteiger partial charge < -0.3 is 10.5 Å². The molecular weight excluding hydrogens is 210 g/mol. The zero-order chi connectivity index (χ0) is 12.8. The van der Waals surface area contributed by atoms with Crippen LogP contribution in [-0.2, 0) is 0 Å². The Morgan fingerprint density at radius 3 is 2.47 bits per heavy atom. The molecule has 1 unspecified atom stereocenters. The predicted molar refractivity (Wildman–Crippen MR) is 73.6 cm³/mol. The van der Waals surface area contributed by atoms with E-state index in [9.17, 15) is 0 Å². The van der Waals surface area contributed by atoms with Gasteiger partial charge in [-0.2, -0.15) is 0 Å². The van der Waals surface area contributed by atoms with Gasteiger partial charge in [0, 0.05) is 0 Å². The Labute approximate surface area is 105 Å². The Hall–Kier alpha value is -1.02. The first-order chi connectivity index (χ1) is 8.10. The van der Waals surface area contributed by atoms with Gasteiger partial charge in [-0.25, -0.2) is 0 Å². The summed E-state index contributed by atoms with van der Waals surface area (Å²) in [5.41, 5.74) is 8.29. The van der Waals surface area contributed by atoms with Crippen LogP contribution in [0.25, 0.3) is 0 Å². The molecule has 0 amide bonds. The lowest BCUT2D eigenvalue weighted by atomic mass is 9.85. The normalized spacial score (nSPS) is 12.8. The van der Waals surface area contributed by atoms with Crippen LogP contribution in [-0.4, -0.2) is 13.2 Å². The maximum Gasteiger partial charge on any atom is 0.122 e. The first-order valence-electron chi connectivity index (χ1n) is 6.53. The summed E-state index contributed by atoms with van der Waals surface area (Å²) in [7, 11) is 0. The summed E-state index contributed by atoms with van der Waals surface area (Å²) in [6, 6.07) is 6.50. The summed E-state index contributed by atoms with van der Waals surface area (Å²) in [4.78, 5) is 0. The molecule has 0 heterocycles. The highest BCUT2D eigenvalue weighted by Crippen LogP contribution is 2.30. The lowest BCUT2D eigenvalue weighted by Crippen LogP contribution is -2.13. The molecule has 1 aromatic rings. The number of rotatable bonds is 6. The molecule has 0 bridgehead atoms. The van der Waals surface area contributed by atoms with E-state index in [1.54, 1.807) is 0 Å². The molecule has 1 atom stereocenters. The van der Waals surface area contributed by atoms with Crippen molar-refractivity contribution in [2.75, 3.05) is 13.2 Å². The number of ether oxygens (including phenoxy) is 1. The van der Waals surface area contributed by atoms with Gasteiger partial charge >= 0.3 is 0 Å². The van der Waals surface area contributed by atoms with E-state index < -0.39 is 0 Å². The standard InChI is InChI=1S/C15H25NO/c1-5-17-15-7-6-13(10-12(15)4)14(8-9-16)11(2)3/h6-7,10-11,14H,5,8-9,16H2,1-4H3. The Bertz CT molecular complexity index is 347. The van der Waals surface area contributed by atoms with Crippen LogP contribution < -0.4 is 10.5 Å². The van der Waals surface area contributed by atoms with Gasteiger partial charge in [0.2, 0.25) is 0 Å². The third kappa shape index (κ3) is 3.74.